The normalized spacial score (nSPS) is 28.9. The number of aromatic nitrogens is 8. The van der Waals surface area contributed by atoms with Gasteiger partial charge in [-0.2, -0.15) is 4.98 Å². The Morgan fingerprint density at radius 2 is 1.40 bits per heavy atom. The van der Waals surface area contributed by atoms with Gasteiger partial charge >= 0.3 is 18.7 Å². The quantitative estimate of drug-likeness (QED) is 0.0352. The summed E-state index contributed by atoms with van der Waals surface area (Å²) in [6, 6.07) is 0. The first-order valence-electron chi connectivity index (χ1n) is 22.4. The molecule has 376 valence electrons. The van der Waals surface area contributed by atoms with Crippen molar-refractivity contribution in [1.29, 1.82) is 0 Å². The number of aromatic amines is 1. The number of imidazole rings is 2. The molecule has 0 aliphatic carbocycles. The number of unbranched alkanes of at least 4 members (excludes halogenated alkanes) is 8. The number of nitrogens with one attached hydrogen (secondary N) is 1. The van der Waals surface area contributed by atoms with E-state index in [1.54, 1.807) is 0 Å². The Labute approximate surface area is 397 Å². The lowest BCUT2D eigenvalue weighted by Crippen LogP contribution is -2.36. The van der Waals surface area contributed by atoms with E-state index < -0.39 is 112 Å². The molecule has 5 N–H and O–H groups in total. The van der Waals surface area contributed by atoms with Gasteiger partial charge in [-0.05, 0) is 24.2 Å². The second kappa shape index (κ2) is 23.9. The van der Waals surface area contributed by atoms with Gasteiger partial charge in [0, 0.05) is 24.2 Å². The zero-order valence-electron chi connectivity index (χ0n) is 37.4. The van der Waals surface area contributed by atoms with Gasteiger partial charge < -0.3 is 39.7 Å². The van der Waals surface area contributed by atoms with Crippen LogP contribution in [-0.2, 0) is 56.0 Å². The number of nitrogens with zero attached hydrogens (tertiary/aromatic N) is 7. The van der Waals surface area contributed by atoms with Crippen LogP contribution in [0, 0.1) is 0 Å². The van der Waals surface area contributed by atoms with Crippen molar-refractivity contribution in [2.24, 2.45) is 0 Å². The number of anilines is 2. The Bertz CT molecular complexity index is 2510. The number of rotatable bonds is 20. The standard InChI is InChI=1S/C39H56F2N10O13P2S2/c1-3-5-7-9-11-13-25(52)58-21-67-65(55)20-57-31-24(63-37(28(31)41)50-18-46-29-33(42)44-17-45-34(29)50)16-61-66(56,68-22-59-26(53)14-12-10-8-6-4-2)64-32-27(40)23(15-60-65)62-38(32)51-19-47-30-35(51)48-39(43)49-36(30)54/h17-19,23-24,27-28,31-32,37-38H,3-16,20-22H2,1-2H3,(H2,42,44,45)(H3,43,48,49,54)/t23-,24-,27-,28-,31-,32-,37-,38-,65?,66?/m1/s1. The molecule has 10 atom stereocenters. The zero-order valence-corrected chi connectivity index (χ0v) is 40.9. The topological polar surface area (TPSA) is 301 Å². The van der Waals surface area contributed by atoms with Crippen molar-refractivity contribution in [2.75, 3.05) is 42.9 Å². The molecule has 3 aliphatic heterocycles. The lowest BCUT2D eigenvalue weighted by atomic mass is 10.1. The third kappa shape index (κ3) is 12.8. The molecule has 0 aromatic carbocycles. The van der Waals surface area contributed by atoms with Crippen LogP contribution in [0.1, 0.15) is 103 Å². The van der Waals surface area contributed by atoms with Crippen LogP contribution in [0.3, 0.4) is 0 Å². The molecule has 4 aromatic heterocycles. The average molecular weight is 1040 g/mol. The maximum atomic E-state index is 17.0. The summed E-state index contributed by atoms with van der Waals surface area (Å²) in [5, 5.41) is 0. The third-order valence-electron chi connectivity index (χ3n) is 11.3. The molecular weight excluding hydrogens is 981 g/mol. The fourth-order valence-corrected chi connectivity index (χ4v) is 13.2. The lowest BCUT2D eigenvalue weighted by Gasteiger charge is -2.28. The fourth-order valence-electron chi connectivity index (χ4n) is 7.71. The summed E-state index contributed by atoms with van der Waals surface area (Å²) in [5.41, 5.74) is 11.0. The highest BCUT2D eigenvalue weighted by Gasteiger charge is 2.54. The number of H-pyrrole nitrogens is 1. The Balaban J connectivity index is 1.19. The maximum Gasteiger partial charge on any atom is 0.393 e. The van der Waals surface area contributed by atoms with Crippen molar-refractivity contribution in [3.8, 4) is 0 Å². The molecule has 3 saturated heterocycles. The number of nitrogen functional groups attached to an aromatic ring is 2. The predicted octanol–water partition coefficient (Wildman–Crippen LogP) is 6.86. The van der Waals surface area contributed by atoms with Crippen molar-refractivity contribution in [1.82, 2.24) is 39.0 Å². The second-order valence-corrected chi connectivity index (χ2v) is 24.9. The minimum atomic E-state index is -4.74. The van der Waals surface area contributed by atoms with Crippen LogP contribution in [-0.4, -0.2) is 119 Å². The first kappa shape index (κ1) is 52.1. The van der Waals surface area contributed by atoms with Gasteiger partial charge in [0.05, 0.1) is 25.9 Å². The predicted molar refractivity (Wildman–Crippen MR) is 245 cm³/mol. The van der Waals surface area contributed by atoms with Crippen LogP contribution < -0.4 is 17.0 Å². The number of carbonyl (C=O) groups is 2. The molecular formula is C39H56F2N10O13P2S2. The van der Waals surface area contributed by atoms with E-state index in [2.05, 4.69) is 43.8 Å². The molecule has 2 bridgehead atoms. The summed E-state index contributed by atoms with van der Waals surface area (Å²) in [5.74, 6) is -2.46. The summed E-state index contributed by atoms with van der Waals surface area (Å²) in [4.78, 5) is 61.0. The summed E-state index contributed by atoms with van der Waals surface area (Å²) in [6.07, 6.45) is -2.33. The lowest BCUT2D eigenvalue weighted by molar-refractivity contribution is -0.142. The van der Waals surface area contributed by atoms with E-state index in [1.807, 2.05) is 0 Å². The fraction of sp³-hybridized carbons (Fsp3) is 0.692. The third-order valence-corrected chi connectivity index (χ3v) is 18.4. The first-order valence-corrected chi connectivity index (χ1v) is 28.9. The van der Waals surface area contributed by atoms with Crippen molar-refractivity contribution < 1.29 is 64.8 Å². The van der Waals surface area contributed by atoms with Crippen LogP contribution in [0.15, 0.2) is 23.8 Å². The Kier molecular flexibility index (Phi) is 18.3. The SMILES string of the molecule is CCCCCCCC(=O)OCSP1(=O)CO[C@H]2[C@@H](F)[C@H](n3cnc4c(N)ncnc43)O[C@@H]2COP(=O)(SCOC(=O)CCCCCCC)O[C@@H]2[C@H](F)[C@@H](CO1)O[C@H]2n1cnc2c(=O)[nH]c(N)nc21. The summed E-state index contributed by atoms with van der Waals surface area (Å²) in [7, 11) is 0. The molecule has 0 spiro atoms. The van der Waals surface area contributed by atoms with Gasteiger partial charge in [-0.15, -0.1) is 0 Å². The molecule has 7 heterocycles. The minimum absolute atomic E-state index is 0.0115. The number of nitrogens with two attached hydrogens (primary N) is 2. The highest BCUT2D eigenvalue weighted by atomic mass is 32.7. The molecule has 7 rings (SSSR count). The van der Waals surface area contributed by atoms with Crippen LogP contribution in [0.2, 0.25) is 0 Å². The van der Waals surface area contributed by atoms with Crippen LogP contribution in [0.5, 0.6) is 0 Å². The number of halogens is 2. The highest BCUT2D eigenvalue weighted by molar-refractivity contribution is 8.56. The largest absolute Gasteiger partial charge is 0.454 e. The number of esters is 2. The number of fused-ring (bicyclic) bond motifs is 5. The van der Waals surface area contributed by atoms with Crippen molar-refractivity contribution >= 4 is 82.2 Å². The Morgan fingerprint density at radius 3 is 2.09 bits per heavy atom. The first-order chi connectivity index (χ1) is 32.7. The molecule has 23 nitrogen and oxygen atoms in total. The molecule has 68 heavy (non-hydrogen) atoms. The summed E-state index contributed by atoms with van der Waals surface area (Å²) < 4.78 is 113. The summed E-state index contributed by atoms with van der Waals surface area (Å²) in [6.45, 7) is -6.34. The van der Waals surface area contributed by atoms with Crippen LogP contribution in [0.25, 0.3) is 22.3 Å². The number of alkyl halides is 2. The summed E-state index contributed by atoms with van der Waals surface area (Å²) >= 11 is 0.984. The molecule has 3 aliphatic rings. The number of carbonyl (C=O) groups excluding carboxylic acids is 2. The van der Waals surface area contributed by atoms with Crippen LogP contribution >= 0.6 is 36.1 Å². The van der Waals surface area contributed by atoms with E-state index in [0.29, 0.717) is 35.6 Å². The average Bonchev–Trinajstić information content (AvgIpc) is 4.08. The molecule has 29 heteroatoms. The van der Waals surface area contributed by atoms with Gasteiger partial charge in [0.15, 0.2) is 47.4 Å². The van der Waals surface area contributed by atoms with E-state index in [9.17, 15) is 23.5 Å². The van der Waals surface area contributed by atoms with Gasteiger partial charge in [0.1, 0.15) is 54.5 Å². The van der Waals surface area contributed by atoms with Gasteiger partial charge in [0.25, 0.3) is 12.1 Å². The molecule has 0 amide bonds. The van der Waals surface area contributed by atoms with Gasteiger partial charge in [0.2, 0.25) is 5.95 Å². The monoisotopic (exact) mass is 1040 g/mol. The molecule has 3 fully saturated rings. The van der Waals surface area contributed by atoms with Gasteiger partial charge in [-0.1, -0.05) is 65.2 Å². The second-order valence-electron chi connectivity index (χ2n) is 16.2. The van der Waals surface area contributed by atoms with E-state index in [4.69, 9.17) is 48.7 Å². The molecule has 4 aromatic rings. The van der Waals surface area contributed by atoms with Crippen LogP contribution in [0.4, 0.5) is 20.5 Å². The van der Waals surface area contributed by atoms with E-state index in [0.717, 1.165) is 68.6 Å². The molecule has 2 unspecified atom stereocenters. The van der Waals surface area contributed by atoms with Gasteiger partial charge in [-0.25, -0.2) is 33.3 Å². The Hall–Kier alpha value is -3.78. The Morgan fingerprint density at radius 1 is 0.779 bits per heavy atom. The maximum absolute atomic E-state index is 17.0. The minimum Gasteiger partial charge on any atom is -0.454 e. The number of ether oxygens (including phenoxy) is 5. The number of hydrogen-bond acceptors (Lipinski definition) is 22. The molecule has 0 saturated carbocycles. The van der Waals surface area contributed by atoms with Crippen molar-refractivity contribution in [3.05, 3.63) is 29.3 Å². The smallest absolute Gasteiger partial charge is 0.393 e. The van der Waals surface area contributed by atoms with E-state index in [-0.39, 0.29) is 46.9 Å². The van der Waals surface area contributed by atoms with E-state index >= 15 is 8.78 Å². The number of hydrogen-bond donors (Lipinski definition) is 3. The molecule has 0 radical (unpaired) electrons. The highest BCUT2D eigenvalue weighted by Crippen LogP contribution is 2.65. The van der Waals surface area contributed by atoms with Gasteiger partial charge in [-0.3, -0.25) is 42.1 Å². The van der Waals surface area contributed by atoms with E-state index in [1.165, 1.54) is 10.9 Å². The van der Waals surface area contributed by atoms with Crippen molar-refractivity contribution in [3.63, 3.8) is 0 Å². The zero-order chi connectivity index (χ0) is 48.4. The van der Waals surface area contributed by atoms with Crippen molar-refractivity contribution in [2.45, 2.75) is 140 Å².